The van der Waals surface area contributed by atoms with Crippen molar-refractivity contribution in [2.24, 2.45) is 69.7 Å². The Kier molecular flexibility index (Phi) is 34.1. The Morgan fingerprint density at radius 2 is 0.754 bits per heavy atom. The van der Waals surface area contributed by atoms with Crippen LogP contribution in [0, 0.1) is 29.6 Å². The molecule has 0 spiro atoms. The van der Waals surface area contributed by atoms with Gasteiger partial charge in [0.15, 0.2) is 0 Å². The van der Waals surface area contributed by atoms with Gasteiger partial charge >= 0.3 is 65.4 Å². The van der Waals surface area contributed by atoms with Crippen LogP contribution in [0.3, 0.4) is 0 Å². The summed E-state index contributed by atoms with van der Waals surface area (Å²) in [6.07, 6.45) is 10.5. The molecule has 8 heterocycles. The molecule has 52 nitrogen and oxygen atoms in total. The van der Waals surface area contributed by atoms with E-state index in [4.69, 9.17) is 90.4 Å². The highest BCUT2D eigenvalue weighted by Crippen LogP contribution is 2.47. The Morgan fingerprint density at radius 3 is 1.03 bits per heavy atom. The first-order chi connectivity index (χ1) is 64.5. The maximum absolute atomic E-state index is 12.3. The van der Waals surface area contributed by atoms with Gasteiger partial charge in [0.2, 0.25) is 5.95 Å². The van der Waals surface area contributed by atoms with Gasteiger partial charge in [0.1, 0.15) is 90.4 Å². The quantitative estimate of drug-likeness (QED) is 0.0125. The van der Waals surface area contributed by atoms with Crippen LogP contribution in [0.15, 0.2) is 72.6 Å². The number of nitrogens with two attached hydrogens (primary N) is 7. The number of rotatable bonds is 42. The predicted octanol–water partition coefficient (Wildman–Crippen LogP) is -10.8. The first kappa shape index (κ1) is 109. The molecule has 5 aromatic carbocycles. The number of nitrogens with zero attached hydrogens (tertiary/aromatic N) is 11. The van der Waals surface area contributed by atoms with Crippen molar-refractivity contribution in [1.82, 2.24) is 25.5 Å². The number of nitrogens with one attached hydrogen (secondary N) is 4. The number of H-pyrrole nitrogens is 2. The molecule has 57 heteroatoms. The molecule has 33 N–H and O–H groups in total. The van der Waals surface area contributed by atoms with Crippen LogP contribution in [0.1, 0.15) is 90.9 Å². The summed E-state index contributed by atoms with van der Waals surface area (Å²) >= 11 is 0. The zero-order valence-corrected chi connectivity index (χ0v) is 77.4. The first-order valence-corrected chi connectivity index (χ1v) is 45.2. The van der Waals surface area contributed by atoms with Crippen molar-refractivity contribution in [1.29, 1.82) is 0 Å². The van der Waals surface area contributed by atoms with Crippen LogP contribution in [0.2, 0.25) is 31.6 Å². The highest BCUT2D eigenvalue weighted by Gasteiger charge is 2.58. The average Bonchev–Trinajstić information content (AvgIpc) is 1.55. The van der Waals surface area contributed by atoms with Gasteiger partial charge in [-0.2, -0.15) is 5.10 Å². The van der Waals surface area contributed by atoms with Crippen LogP contribution in [-0.2, 0) is 24.0 Å². The number of aliphatic carboxylic acids is 5. The second kappa shape index (κ2) is 43.3. The van der Waals surface area contributed by atoms with Crippen molar-refractivity contribution < 1.29 is 99.7 Å². The number of likely N-dealkylation sites (N-methyl/N-ethyl adjacent to an activating group) is 2. The molecule has 1 unspecified atom stereocenters. The lowest BCUT2D eigenvalue weighted by molar-refractivity contribution is -0.145. The van der Waals surface area contributed by atoms with Gasteiger partial charge in [0.25, 0.3) is 54.3 Å². The van der Waals surface area contributed by atoms with Crippen LogP contribution in [0.5, 0.6) is 0 Å². The SMILES string of the molecule is CC(CN)N(C)c1c(N2C[C@H](CCCB(O)O)[C@](N)(C(=O)O)C2)c(=O)c1=O.CC1(Nc2c(N3C[C@H](CCCB(O)O)[C@](N)(C(=O)O)C3)c(=O)c2=O)CNC1.CN(c1c(N2C[C@H](CCCB(O)O)[C@](N)(C(=O)O)C2)c(=O)c1=O)C1(CN)CC1.CN(c1ccn[nH]1)c1c(N2C[C@H](CCCB(O)O)[C@](N)(C(=O)O)C2)c(=O)c1=O.CN(c1ncc[nH]1)c1c(N2C[C@H](CCCB(O)O)[C@](N)(C(=O)O)C2)c(=O)c1=O. The first-order valence-electron chi connectivity index (χ1n) is 45.2. The molecule has 7 fully saturated rings. The highest BCUT2D eigenvalue weighted by atomic mass is 16.4. The number of aromatic nitrogens is 4. The third-order valence-corrected chi connectivity index (χ3v) is 28.5. The van der Waals surface area contributed by atoms with Crippen molar-refractivity contribution in [2.45, 2.75) is 167 Å². The molecular weight excluding hydrogens is 1820 g/mol. The Labute approximate surface area is 789 Å². The van der Waals surface area contributed by atoms with Crippen LogP contribution in [0.25, 0.3) is 0 Å². The van der Waals surface area contributed by atoms with Crippen molar-refractivity contribution in [3.05, 3.63) is 127 Å². The smallest absolute Gasteiger partial charge is 0.451 e. The van der Waals surface area contributed by atoms with Gasteiger partial charge in [-0.1, -0.05) is 32.1 Å². The number of hydrogen-bond acceptors (Lipinski definition) is 45. The van der Waals surface area contributed by atoms with Crippen molar-refractivity contribution in [3.8, 4) is 0 Å². The zero-order chi connectivity index (χ0) is 103. The molecule has 0 bridgehead atoms. The van der Waals surface area contributed by atoms with Gasteiger partial charge in [-0.05, 0) is 90.4 Å². The topological polar surface area (TPSA) is 852 Å². The number of carboxylic acids is 5. The van der Waals surface area contributed by atoms with Crippen LogP contribution in [-0.4, -0.2) is 326 Å². The summed E-state index contributed by atoms with van der Waals surface area (Å²) in [5.74, 6) is -7.57. The lowest BCUT2D eigenvalue weighted by Crippen LogP contribution is -2.63. The Morgan fingerprint density at radius 1 is 0.449 bits per heavy atom. The van der Waals surface area contributed by atoms with E-state index in [0.717, 1.165) is 12.8 Å². The molecule has 0 amide bonds. The van der Waals surface area contributed by atoms with Crippen LogP contribution in [0.4, 0.5) is 68.6 Å². The molecule has 138 heavy (non-hydrogen) atoms. The molecule has 2 aromatic heterocycles. The van der Waals surface area contributed by atoms with Crippen LogP contribution < -0.4 is 149 Å². The predicted molar refractivity (Wildman–Crippen MR) is 514 cm³/mol. The average molecular weight is 1940 g/mol. The Bertz CT molecular complexity index is 5720. The van der Waals surface area contributed by atoms with Gasteiger partial charge < -0.3 is 176 Å². The van der Waals surface area contributed by atoms with Gasteiger partial charge in [0, 0.05) is 174 Å². The van der Waals surface area contributed by atoms with Crippen molar-refractivity contribution in [3.63, 3.8) is 0 Å². The fourth-order valence-electron chi connectivity index (χ4n) is 19.4. The summed E-state index contributed by atoms with van der Waals surface area (Å²) in [4.78, 5) is 202. The molecule has 1 saturated carbocycles. The van der Waals surface area contributed by atoms with E-state index in [9.17, 15) is 97.5 Å². The second-order valence-corrected chi connectivity index (χ2v) is 37.9. The standard InChI is InChI=1S/C17H27BN4O6.2C16H22BN5O6.C16H25BN4O6.C16H27BN4O6/c1-21(16(8-19)4-5-16)11-12(14(24)13(11)23)22-7-10(3-2-6-18(27)28)17(20,9-22)15(25)26;1-21(10-4-6-19-20-10)11-12(14(24)13(11)23)22-7-9(3-2-5-17(27)28)16(18,8-22)15(25)26;1-21(15-19-5-6-20-15)10-11(13(24)12(10)23)22-7-9(3-2-4-17(27)28)16(18,8-22)14(25)26;1-15(6-19-7-15)20-10-11(13(23)12(10)22)21-5-9(3-2-4-17(26)27)16(18,8-21)14(24)25;1-9(6-18)20(2)11-12(14(23)13(11)22)21-7-10(4-3-5-17(26)27)16(19,8-21)15(24)25/h10,27-28H,2-9,19-20H2,1H3,(H,25,26);4,6,9,27-28H,2-3,5,7-8,18H2,1H3,(H,19,20)(H,25,26);5-6,9,27-28H,2-4,7-8,18H2,1H3,(H,19,20)(H,25,26);9,19-20,26-27H,2-8,18H2,1H3,(H,24,25);9-10,26-27H,3-8,18-19H2,1-2H3,(H,24,25)/t10-,17-;3*9-,16-;9?,10-,16-/m00000/s1. The molecule has 11 atom stereocenters. The summed E-state index contributed by atoms with van der Waals surface area (Å²) in [6, 6.07) is 1.47. The molecule has 752 valence electrons. The number of hydrogen-bond donors (Lipinski definition) is 26. The minimum atomic E-state index is -1.61. The van der Waals surface area contributed by atoms with Gasteiger partial charge in [-0.25, -0.2) is 4.98 Å². The summed E-state index contributed by atoms with van der Waals surface area (Å²) < 4.78 is 0. The number of aromatic amines is 2. The molecule has 7 aliphatic rings. The van der Waals surface area contributed by atoms with E-state index in [1.807, 2.05) is 13.8 Å². The minimum Gasteiger partial charge on any atom is -0.480 e. The molecule has 6 saturated heterocycles. The summed E-state index contributed by atoms with van der Waals surface area (Å²) in [5, 5.41) is 151. The van der Waals surface area contributed by atoms with E-state index in [0.29, 0.717) is 95.6 Å². The maximum atomic E-state index is 12.3. The summed E-state index contributed by atoms with van der Waals surface area (Å²) in [5.41, 5.74) is 29.2. The number of anilines is 12. The lowest BCUT2D eigenvalue weighted by atomic mass is 9.78. The largest absolute Gasteiger partial charge is 0.480 e. The zero-order valence-electron chi connectivity index (χ0n) is 77.4. The fraction of sp³-hybridized carbons (Fsp3) is 0.617. The van der Waals surface area contributed by atoms with Crippen molar-refractivity contribution >= 4 is 134 Å². The Hall–Kier alpha value is -11.2. The lowest BCUT2D eigenvalue weighted by Gasteiger charge is -2.42. The third kappa shape index (κ3) is 22.0. The normalized spacial score (nSPS) is 24.1. The van der Waals surface area contributed by atoms with E-state index >= 15 is 0 Å². The van der Waals surface area contributed by atoms with Gasteiger partial charge in [-0.15, -0.1) is 0 Å². The minimum absolute atomic E-state index is 0.0802. The molecule has 0 radical (unpaired) electrons. The van der Waals surface area contributed by atoms with E-state index in [1.165, 1.54) is 27.1 Å². The molecule has 1 aliphatic carbocycles. The number of carboxylic acid groups (broad SMARTS) is 5. The molecule has 7 aromatic rings. The second-order valence-electron chi connectivity index (χ2n) is 37.9. The van der Waals surface area contributed by atoms with E-state index in [-0.39, 0.29) is 178 Å². The monoisotopic (exact) mass is 1940 g/mol. The van der Waals surface area contributed by atoms with E-state index in [2.05, 4.69) is 30.8 Å². The number of imidazole rings is 1. The third-order valence-electron chi connectivity index (χ3n) is 28.5. The van der Waals surface area contributed by atoms with Gasteiger partial charge in [-0.3, -0.25) is 77.0 Å². The summed E-state index contributed by atoms with van der Waals surface area (Å²) in [7, 11) is -0.740. The number of carbonyl (C=O) groups is 5. The van der Waals surface area contributed by atoms with E-state index in [1.54, 1.807) is 69.9 Å². The van der Waals surface area contributed by atoms with Crippen LogP contribution >= 0.6 is 0 Å². The van der Waals surface area contributed by atoms with Gasteiger partial charge in [0.05, 0.1) is 17.3 Å². The molecular formula is C81H123B5N22O30. The highest BCUT2D eigenvalue weighted by molar-refractivity contribution is 6.42. The molecule has 14 rings (SSSR count). The fourth-order valence-corrected chi connectivity index (χ4v) is 19.4. The molecule has 6 aliphatic heterocycles. The van der Waals surface area contributed by atoms with E-state index < -0.39 is 177 Å². The Balaban J connectivity index is 0.000000178. The summed E-state index contributed by atoms with van der Waals surface area (Å²) in [6.45, 7) is 6.20. The maximum Gasteiger partial charge on any atom is 0.451 e. The van der Waals surface area contributed by atoms with Crippen molar-refractivity contribution in [2.75, 3.05) is 169 Å².